The highest BCUT2D eigenvalue weighted by molar-refractivity contribution is 7.32. The lowest BCUT2D eigenvalue weighted by molar-refractivity contribution is 0.774. The number of aryl methyl sites for hydroxylation is 4. The summed E-state index contributed by atoms with van der Waals surface area (Å²) in [5, 5.41) is 40.6. The Labute approximate surface area is 583 Å². The molecule has 16 aromatic rings. The fraction of sp³-hybridized carbons (Fsp3) is 0.0750. The van der Waals surface area contributed by atoms with Crippen molar-refractivity contribution in [1.82, 2.24) is 17.5 Å². The second-order valence-corrected chi connectivity index (χ2v) is 32.0. The normalized spacial score (nSPS) is 13.1. The molecule has 0 radical (unpaired) electrons. The topological polar surface area (TPSA) is 147 Å². The van der Waals surface area contributed by atoms with E-state index in [9.17, 15) is 21.0 Å². The third-order valence-corrected chi connectivity index (χ3v) is 27.5. The van der Waals surface area contributed by atoms with Gasteiger partial charge >= 0.3 is 0 Å². The van der Waals surface area contributed by atoms with Gasteiger partial charge in [0.2, 0.25) is 0 Å². The molecule has 18 rings (SSSR count). The summed E-state index contributed by atoms with van der Waals surface area (Å²) < 4.78 is 23.8. The number of hydrogen-bond acceptors (Lipinski definition) is 16. The van der Waals surface area contributed by atoms with Crippen LogP contribution in [0.5, 0.6) is 0 Å². The number of nitrogens with zero attached hydrogens (tertiary/aromatic N) is 8. The van der Waals surface area contributed by atoms with E-state index in [4.69, 9.17) is 8.75 Å². The van der Waals surface area contributed by atoms with Crippen molar-refractivity contribution in [3.8, 4) is 85.5 Å². The molecule has 0 unspecified atom stereocenters. The van der Waals surface area contributed by atoms with E-state index in [1.807, 2.05) is 93.9 Å². The number of nitriles is 4. The van der Waals surface area contributed by atoms with Gasteiger partial charge in [0.05, 0.1) is 43.7 Å². The highest BCUT2D eigenvalue weighted by atomic mass is 32.1. The number of thiophene rings is 6. The van der Waals surface area contributed by atoms with Crippen molar-refractivity contribution in [2.24, 2.45) is 0 Å². The summed E-state index contributed by atoms with van der Waals surface area (Å²) in [5.74, 6) is 0. The van der Waals surface area contributed by atoms with Crippen LogP contribution in [0.15, 0.2) is 193 Å². The Morgan fingerprint density at radius 3 is 1.04 bits per heavy atom. The predicted octanol–water partition coefficient (Wildman–Crippen LogP) is 23.0. The Morgan fingerprint density at radius 1 is 0.344 bits per heavy atom. The molecule has 2 aliphatic rings. The first-order chi connectivity index (χ1) is 46.9. The van der Waals surface area contributed by atoms with Crippen LogP contribution in [0.3, 0.4) is 0 Å². The van der Waals surface area contributed by atoms with Crippen LogP contribution >= 0.6 is 91.5 Å². The Kier molecular flexibility index (Phi) is 13.5. The summed E-state index contributed by atoms with van der Waals surface area (Å²) in [4.78, 5) is 9.48. The smallest absolute Gasteiger partial charge is 0.130 e. The van der Waals surface area contributed by atoms with E-state index in [0.29, 0.717) is 22.2 Å². The molecule has 2 aliphatic carbocycles. The summed E-state index contributed by atoms with van der Waals surface area (Å²) in [7, 11) is 0. The summed E-state index contributed by atoms with van der Waals surface area (Å²) in [5.41, 5.74) is 22.5. The van der Waals surface area contributed by atoms with Gasteiger partial charge in [0.1, 0.15) is 57.5 Å². The lowest BCUT2D eigenvalue weighted by Gasteiger charge is -2.34. The molecule has 8 aromatic carbocycles. The maximum absolute atomic E-state index is 9.55. The molecule has 8 aromatic heterocycles. The zero-order valence-electron chi connectivity index (χ0n) is 51.3. The Hall–Kier alpha value is -10.2. The molecule has 8 nitrogen and oxygen atoms in total. The van der Waals surface area contributed by atoms with Gasteiger partial charge in [0.15, 0.2) is 0 Å². The number of fused-ring (bicyclic) bond motifs is 13. The van der Waals surface area contributed by atoms with Crippen molar-refractivity contribution in [2.75, 3.05) is 0 Å². The maximum Gasteiger partial charge on any atom is 0.130 e. The first-order valence-electron chi connectivity index (χ1n) is 30.8. The van der Waals surface area contributed by atoms with Crippen molar-refractivity contribution in [3.63, 3.8) is 0 Å². The Bertz CT molecular complexity index is 5740. The van der Waals surface area contributed by atoms with Crippen LogP contribution in [0.25, 0.3) is 125 Å². The number of hydrogen-bond donors (Lipinski definition) is 0. The molecule has 0 aliphatic heterocycles. The summed E-state index contributed by atoms with van der Waals surface area (Å²) in [6.45, 7) is 8.73. The SMILES string of the molecule is Cc1ccc(C2(c3ccc(C)cc3)c3cc4cc(-c5ccc(-c6ccc(C=C(C#N)C#N)c7nsnc67)s5)sc4cc3-c3sc4c5c(sc4c32)-c2cc3sc(-c4ccc(-c6ccc(C=C(C#N)C#N)c7nsnc67)s4)cc3cc2C5(c2ccc(C)cc2)c2ccc(C)cc2)cc1. The van der Waals surface area contributed by atoms with Gasteiger partial charge in [-0.05, 0) is 156 Å². The van der Waals surface area contributed by atoms with E-state index in [2.05, 4.69) is 194 Å². The minimum absolute atomic E-state index is 0.0227. The van der Waals surface area contributed by atoms with E-state index < -0.39 is 10.8 Å². The van der Waals surface area contributed by atoms with Crippen molar-refractivity contribution >= 4 is 155 Å². The van der Waals surface area contributed by atoms with E-state index in [0.717, 1.165) is 65.1 Å². The van der Waals surface area contributed by atoms with Gasteiger partial charge in [-0.3, -0.25) is 0 Å². The number of benzene rings is 8. The molecule has 0 spiro atoms. The molecule has 452 valence electrons. The molecule has 0 N–H and O–H groups in total. The minimum Gasteiger partial charge on any atom is -0.192 e. The largest absolute Gasteiger partial charge is 0.192 e. The molecule has 0 saturated heterocycles. The van der Waals surface area contributed by atoms with Crippen LogP contribution < -0.4 is 0 Å². The summed E-state index contributed by atoms with van der Waals surface area (Å²) >= 11 is 13.4. The third-order valence-electron chi connectivity index (χ3n) is 19.0. The Morgan fingerprint density at radius 2 is 0.688 bits per heavy atom. The van der Waals surface area contributed by atoms with Crippen LogP contribution in [0.2, 0.25) is 0 Å². The molecular formula is C80H44N8S8. The standard InChI is InChI=1S/C80H44N8S8/c1-41-5-15-51(16-6-41)79(52-17-7-42(2)8-18-52)59-31-49-33-67(63-27-25-61(89-63)55-23-13-47(29-45(37-81)38-82)71-73(55)87-95-85-71)91-65(49)35-57(59)75-69(79)77-78(93-75)70-76(94-77)58-36-66-50(32-60(58)80(70,53-19-9-43(3)10-20-53)54-21-11-44(4)12-22-54)34-68(92-66)64-28-26-62(90-64)56-24-14-48(30-46(39-83)40-84)72-74(56)88-96-86-72/h5-36H,1-4H3. The van der Waals surface area contributed by atoms with Crippen molar-refractivity contribution < 1.29 is 0 Å². The van der Waals surface area contributed by atoms with Gasteiger partial charge in [-0.15, -0.1) is 68.0 Å². The van der Waals surface area contributed by atoms with Crippen LogP contribution in [0.1, 0.15) is 77.9 Å². The predicted molar refractivity (Wildman–Crippen MR) is 402 cm³/mol. The van der Waals surface area contributed by atoms with Gasteiger partial charge in [-0.1, -0.05) is 144 Å². The Balaban J connectivity index is 0.838. The lowest BCUT2D eigenvalue weighted by atomic mass is 9.66. The molecule has 8 heterocycles. The number of aromatic nitrogens is 4. The highest BCUT2D eigenvalue weighted by Gasteiger charge is 2.54. The van der Waals surface area contributed by atoms with Gasteiger partial charge in [-0.25, -0.2) is 0 Å². The van der Waals surface area contributed by atoms with E-state index in [1.165, 1.54) is 127 Å². The number of rotatable bonds is 10. The fourth-order valence-corrected chi connectivity index (χ4v) is 23.3. The molecule has 16 heteroatoms. The summed E-state index contributed by atoms with van der Waals surface area (Å²) in [6, 6.07) is 76.8. The second kappa shape index (κ2) is 22.2. The van der Waals surface area contributed by atoms with Crippen molar-refractivity contribution in [1.29, 1.82) is 21.0 Å². The van der Waals surface area contributed by atoms with Crippen molar-refractivity contribution in [2.45, 2.75) is 38.5 Å². The summed E-state index contributed by atoms with van der Waals surface area (Å²) in [6.07, 6.45) is 3.17. The average molecular weight is 1370 g/mol. The van der Waals surface area contributed by atoms with E-state index in [-0.39, 0.29) is 11.1 Å². The second-order valence-electron chi connectivity index (χ2n) is 24.5. The maximum atomic E-state index is 9.55. The quantitative estimate of drug-likeness (QED) is 0.123. The van der Waals surface area contributed by atoms with Crippen LogP contribution in [-0.4, -0.2) is 17.5 Å². The average Bonchev–Trinajstić information content (AvgIpc) is 1.49. The molecular weight excluding hydrogens is 1330 g/mol. The zero-order valence-corrected chi connectivity index (χ0v) is 57.9. The molecule has 96 heavy (non-hydrogen) atoms. The van der Waals surface area contributed by atoms with Gasteiger partial charge in [-0.2, -0.15) is 38.5 Å². The van der Waals surface area contributed by atoms with Gasteiger partial charge < -0.3 is 0 Å². The van der Waals surface area contributed by atoms with Gasteiger partial charge in [0.25, 0.3) is 0 Å². The number of allylic oxidation sites excluding steroid dienone is 2. The van der Waals surface area contributed by atoms with E-state index in [1.54, 1.807) is 34.8 Å². The molecule has 0 amide bonds. The van der Waals surface area contributed by atoms with E-state index >= 15 is 0 Å². The van der Waals surface area contributed by atoms with Crippen LogP contribution in [-0.2, 0) is 10.8 Å². The molecule has 0 atom stereocenters. The van der Waals surface area contributed by atoms with Crippen molar-refractivity contribution in [3.05, 3.63) is 271 Å². The van der Waals surface area contributed by atoms with Crippen LogP contribution in [0, 0.1) is 73.0 Å². The van der Waals surface area contributed by atoms with Gasteiger partial charge in [0, 0.05) is 81.8 Å². The monoisotopic (exact) mass is 1370 g/mol. The highest BCUT2D eigenvalue weighted by Crippen LogP contribution is 2.69. The first kappa shape index (κ1) is 58.4. The minimum atomic E-state index is -0.685. The van der Waals surface area contributed by atoms with Crippen LogP contribution in [0.4, 0.5) is 0 Å². The zero-order chi connectivity index (χ0) is 64.9. The molecule has 0 fully saturated rings. The first-order valence-corrected chi connectivity index (χ1v) is 37.1. The fourth-order valence-electron chi connectivity index (χ4n) is 14.5. The third kappa shape index (κ3) is 8.65. The molecule has 0 bridgehead atoms. The lowest BCUT2D eigenvalue weighted by Crippen LogP contribution is -2.29. The molecule has 0 saturated carbocycles.